The summed E-state index contributed by atoms with van der Waals surface area (Å²) < 4.78 is 13.1. The molecule has 3 aromatic rings. The van der Waals surface area contributed by atoms with Crippen molar-refractivity contribution in [1.29, 1.82) is 0 Å². The molecule has 0 saturated heterocycles. The molecule has 1 aliphatic rings. The average Bonchev–Trinajstić information content (AvgIpc) is 3.29. The monoisotopic (exact) mass is 422 g/mol. The van der Waals surface area contributed by atoms with Crippen LogP contribution in [0.1, 0.15) is 55.7 Å². The van der Waals surface area contributed by atoms with Crippen LogP contribution in [0, 0.1) is 0 Å². The Hall–Kier alpha value is -2.93. The van der Waals surface area contributed by atoms with Crippen molar-refractivity contribution in [3.63, 3.8) is 0 Å². The van der Waals surface area contributed by atoms with E-state index in [1.54, 1.807) is 14.2 Å². The Bertz CT molecular complexity index is 1050. The number of methoxy groups -OCH3 is 2. The Morgan fingerprint density at radius 2 is 1.81 bits per heavy atom. The Balaban J connectivity index is 1.82. The number of nitrogens with one attached hydrogen (secondary N) is 1. The fourth-order valence-corrected chi connectivity index (χ4v) is 4.40. The van der Waals surface area contributed by atoms with E-state index in [0.29, 0.717) is 0 Å². The molecule has 0 amide bonds. The number of hydrogen-bond donors (Lipinski definition) is 1. The highest BCUT2D eigenvalue weighted by atomic mass is 16.5. The molecule has 2 aromatic carbocycles. The average molecular weight is 423 g/mol. The molecule has 0 aliphatic carbocycles. The highest BCUT2D eigenvalue weighted by Crippen LogP contribution is 2.32. The van der Waals surface area contributed by atoms with Crippen molar-refractivity contribution >= 4 is 0 Å². The second kappa shape index (κ2) is 8.67. The summed E-state index contributed by atoms with van der Waals surface area (Å²) in [6.07, 6.45) is 1.97. The molecule has 1 aliphatic heterocycles. The number of quaternary nitrogens is 1. The van der Waals surface area contributed by atoms with Gasteiger partial charge in [0.1, 0.15) is 6.54 Å². The molecule has 0 bridgehead atoms. The van der Waals surface area contributed by atoms with E-state index in [4.69, 9.17) is 9.47 Å². The maximum atomic E-state index is 5.61. The minimum Gasteiger partial charge on any atom is -0.493 e. The molecule has 0 radical (unpaired) electrons. The van der Waals surface area contributed by atoms with Crippen molar-refractivity contribution in [1.82, 2.24) is 20.2 Å². The summed E-state index contributed by atoms with van der Waals surface area (Å²) in [5.41, 5.74) is 3.77. The Morgan fingerprint density at radius 3 is 2.52 bits per heavy atom. The lowest BCUT2D eigenvalue weighted by Gasteiger charge is -2.34. The first kappa shape index (κ1) is 21.3. The van der Waals surface area contributed by atoms with E-state index in [1.807, 2.05) is 10.7 Å². The summed E-state index contributed by atoms with van der Waals surface area (Å²) in [7, 11) is 3.33. The predicted molar refractivity (Wildman–Crippen MR) is 118 cm³/mol. The van der Waals surface area contributed by atoms with E-state index in [9.17, 15) is 0 Å². The van der Waals surface area contributed by atoms with Gasteiger partial charge in [-0.3, -0.25) is 0 Å². The van der Waals surface area contributed by atoms with Gasteiger partial charge in [-0.05, 0) is 54.5 Å². The van der Waals surface area contributed by atoms with Crippen LogP contribution in [0.5, 0.6) is 11.5 Å². The molecular weight excluding hydrogens is 390 g/mol. The summed E-state index contributed by atoms with van der Waals surface area (Å²) >= 11 is 0. The molecule has 1 unspecified atom stereocenters. The molecule has 4 rings (SSSR count). The lowest BCUT2D eigenvalue weighted by molar-refractivity contribution is -0.942. The van der Waals surface area contributed by atoms with Gasteiger partial charge in [-0.25, -0.2) is 4.68 Å². The molecule has 2 atom stereocenters. The van der Waals surface area contributed by atoms with E-state index in [2.05, 4.69) is 72.7 Å². The fourth-order valence-electron chi connectivity index (χ4n) is 4.40. The van der Waals surface area contributed by atoms with Crippen LogP contribution in [-0.2, 0) is 18.5 Å². The van der Waals surface area contributed by atoms with Crippen LogP contribution < -0.4 is 14.4 Å². The minimum absolute atomic E-state index is 0.0195. The van der Waals surface area contributed by atoms with Crippen LogP contribution >= 0.6 is 0 Å². The van der Waals surface area contributed by atoms with Gasteiger partial charge in [-0.2, -0.15) is 0 Å². The second-order valence-electron chi connectivity index (χ2n) is 8.77. The van der Waals surface area contributed by atoms with Gasteiger partial charge in [0.2, 0.25) is 5.82 Å². The highest BCUT2D eigenvalue weighted by Gasteiger charge is 2.37. The molecule has 164 valence electrons. The Labute approximate surface area is 184 Å². The van der Waals surface area contributed by atoms with Gasteiger partial charge in [0.05, 0.1) is 26.3 Å². The van der Waals surface area contributed by atoms with Crippen LogP contribution in [0.3, 0.4) is 0 Å². The number of nitrogens with zero attached hydrogens (tertiary/aromatic N) is 4. The van der Waals surface area contributed by atoms with Crippen LogP contribution in [0.15, 0.2) is 42.5 Å². The molecule has 7 nitrogen and oxygen atoms in total. The molecule has 7 heteroatoms. The van der Waals surface area contributed by atoms with E-state index < -0.39 is 0 Å². The first-order valence-electron chi connectivity index (χ1n) is 10.9. The molecule has 0 spiro atoms. The predicted octanol–water partition coefficient (Wildman–Crippen LogP) is 2.57. The van der Waals surface area contributed by atoms with Gasteiger partial charge in [-0.1, -0.05) is 31.2 Å². The maximum absolute atomic E-state index is 5.61. The fraction of sp³-hybridized carbons (Fsp3) is 0.458. The molecule has 1 aromatic heterocycles. The van der Waals surface area contributed by atoms with Gasteiger partial charge >= 0.3 is 0 Å². The SMILES string of the molecule is CCC(C)(C)n1nnnc1[C@H](c1ccc(OC)c(OC)c1)[NH+]1CCc2ccccc2C1. The third kappa shape index (κ3) is 4.02. The van der Waals surface area contributed by atoms with Crippen molar-refractivity contribution in [3.8, 4) is 11.5 Å². The summed E-state index contributed by atoms with van der Waals surface area (Å²) in [6, 6.07) is 14.8. The first-order valence-corrected chi connectivity index (χ1v) is 10.9. The number of tetrazole rings is 1. The smallest absolute Gasteiger partial charge is 0.214 e. The molecular formula is C24H32N5O2+. The number of fused-ring (bicyclic) bond motifs is 1. The third-order valence-electron chi connectivity index (χ3n) is 6.59. The number of rotatable bonds is 7. The van der Waals surface area contributed by atoms with Crippen molar-refractivity contribution < 1.29 is 14.4 Å². The number of aromatic nitrogens is 4. The lowest BCUT2D eigenvalue weighted by atomic mass is 9.95. The summed E-state index contributed by atoms with van der Waals surface area (Å²) in [4.78, 5) is 1.42. The number of ether oxygens (including phenoxy) is 2. The van der Waals surface area contributed by atoms with Gasteiger partial charge in [-0.15, -0.1) is 5.10 Å². The lowest BCUT2D eigenvalue weighted by Crippen LogP contribution is -3.12. The Kier molecular flexibility index (Phi) is 5.96. The van der Waals surface area contributed by atoms with Crippen LogP contribution in [0.4, 0.5) is 0 Å². The van der Waals surface area contributed by atoms with Crippen molar-refractivity contribution in [2.45, 2.75) is 51.7 Å². The quantitative estimate of drug-likeness (QED) is 0.634. The summed E-state index contributed by atoms with van der Waals surface area (Å²) in [6.45, 7) is 8.46. The zero-order valence-electron chi connectivity index (χ0n) is 19.1. The summed E-state index contributed by atoms with van der Waals surface area (Å²) in [5, 5.41) is 13.0. The second-order valence-corrected chi connectivity index (χ2v) is 8.77. The van der Waals surface area contributed by atoms with Crippen LogP contribution in [-0.4, -0.2) is 41.0 Å². The molecule has 0 fully saturated rings. The molecule has 0 saturated carbocycles. The molecule has 2 heterocycles. The maximum Gasteiger partial charge on any atom is 0.214 e. The van der Waals surface area contributed by atoms with Crippen LogP contribution in [0.2, 0.25) is 0 Å². The number of hydrogen-bond acceptors (Lipinski definition) is 5. The van der Waals surface area contributed by atoms with E-state index in [1.165, 1.54) is 16.0 Å². The normalized spacial score (nSPS) is 17.1. The third-order valence-corrected chi connectivity index (χ3v) is 6.59. The topological polar surface area (TPSA) is 66.5 Å². The summed E-state index contributed by atoms with van der Waals surface area (Å²) in [5.74, 6) is 2.32. The molecule has 1 N–H and O–H groups in total. The van der Waals surface area contributed by atoms with E-state index >= 15 is 0 Å². The molecule has 31 heavy (non-hydrogen) atoms. The van der Waals surface area contributed by atoms with E-state index in [0.717, 1.165) is 48.8 Å². The van der Waals surface area contributed by atoms with Crippen molar-refractivity contribution in [3.05, 3.63) is 65.0 Å². The zero-order valence-corrected chi connectivity index (χ0v) is 19.1. The first-order chi connectivity index (χ1) is 15.0. The van der Waals surface area contributed by atoms with Crippen LogP contribution in [0.25, 0.3) is 0 Å². The minimum atomic E-state index is -0.180. The van der Waals surface area contributed by atoms with E-state index in [-0.39, 0.29) is 11.6 Å². The number of benzene rings is 2. The highest BCUT2D eigenvalue weighted by molar-refractivity contribution is 5.44. The van der Waals surface area contributed by atoms with Crippen molar-refractivity contribution in [2.24, 2.45) is 0 Å². The standard InChI is InChI=1S/C24H31N5O2/c1-6-24(2,3)29-23(25-26-27-29)22(18-11-12-20(30-4)21(15-18)31-5)28-14-13-17-9-7-8-10-19(17)16-28/h7-12,15,22H,6,13-14,16H2,1-5H3/p+1/t22-/m0/s1. The van der Waals surface area contributed by atoms with Gasteiger partial charge in [0.15, 0.2) is 17.5 Å². The largest absolute Gasteiger partial charge is 0.493 e. The van der Waals surface area contributed by atoms with Crippen molar-refractivity contribution in [2.75, 3.05) is 20.8 Å². The van der Waals surface area contributed by atoms with Gasteiger partial charge < -0.3 is 14.4 Å². The Morgan fingerprint density at radius 1 is 1.06 bits per heavy atom. The van der Waals surface area contributed by atoms with Gasteiger partial charge in [0.25, 0.3) is 0 Å². The zero-order chi connectivity index (χ0) is 22.0. The van der Waals surface area contributed by atoms with Gasteiger partial charge in [0, 0.05) is 17.5 Å².